The second-order valence-corrected chi connectivity index (χ2v) is 21.4. The number of nitrogens with zero attached hydrogens (tertiary/aromatic N) is 3. The van der Waals surface area contributed by atoms with Gasteiger partial charge < -0.3 is 14.4 Å². The van der Waals surface area contributed by atoms with E-state index in [0.717, 1.165) is 49.3 Å². The molecule has 4 saturated carbocycles. The summed E-state index contributed by atoms with van der Waals surface area (Å²) in [6, 6.07) is 10.6. The Hall–Kier alpha value is -4.27. The third kappa shape index (κ3) is 7.54. The van der Waals surface area contributed by atoms with Crippen LogP contribution in [0, 0.1) is 40.9 Å². The van der Waals surface area contributed by atoms with Crippen LogP contribution in [0.25, 0.3) is 21.8 Å². The Labute approximate surface area is 349 Å². The fourth-order valence-electron chi connectivity index (χ4n) is 10.5. The smallest absolute Gasteiger partial charge is 0.306 e. The highest BCUT2D eigenvalue weighted by Crippen LogP contribution is 2.60. The van der Waals surface area contributed by atoms with Crippen LogP contribution in [-0.4, -0.2) is 82.8 Å². The van der Waals surface area contributed by atoms with Gasteiger partial charge in [-0.1, -0.05) is 57.0 Å². The summed E-state index contributed by atoms with van der Waals surface area (Å²) in [5, 5.41) is 1.86. The van der Waals surface area contributed by atoms with Gasteiger partial charge in [0, 0.05) is 24.1 Å². The first kappa shape index (κ1) is 41.1. The van der Waals surface area contributed by atoms with Crippen LogP contribution in [0.15, 0.2) is 36.4 Å². The van der Waals surface area contributed by atoms with Crippen LogP contribution in [0.3, 0.4) is 0 Å². The number of nitrogens with one attached hydrogen (secondary N) is 1. The summed E-state index contributed by atoms with van der Waals surface area (Å²) in [5.41, 5.74) is 0.0535. The van der Waals surface area contributed by atoms with E-state index in [1.165, 1.54) is 11.8 Å². The van der Waals surface area contributed by atoms with Gasteiger partial charge in [0.15, 0.2) is 5.78 Å². The molecule has 15 heteroatoms. The van der Waals surface area contributed by atoms with E-state index in [1.807, 2.05) is 55.0 Å². The molecular formula is C45H54F2N4O8S. The molecule has 4 aliphatic carbocycles. The molecule has 3 aromatic rings. The number of hydrogen-bond acceptors (Lipinski definition) is 10. The number of ether oxygens (including phenoxy) is 2. The quantitative estimate of drug-likeness (QED) is 0.191. The maximum absolute atomic E-state index is 14.7. The van der Waals surface area contributed by atoms with Crippen LogP contribution >= 0.6 is 0 Å². The van der Waals surface area contributed by atoms with Crippen LogP contribution in [0.2, 0.25) is 0 Å². The topological polar surface area (TPSA) is 162 Å². The lowest BCUT2D eigenvalue weighted by molar-refractivity contribution is -0.157. The number of aryl methyl sites for hydroxylation is 1. The molecule has 60 heavy (non-hydrogen) atoms. The summed E-state index contributed by atoms with van der Waals surface area (Å²) >= 11 is 0. The van der Waals surface area contributed by atoms with Gasteiger partial charge in [-0.05, 0) is 93.4 Å². The largest absolute Gasteiger partial charge is 0.471 e. The van der Waals surface area contributed by atoms with Gasteiger partial charge >= 0.3 is 5.97 Å². The molecule has 1 N–H and O–H groups in total. The van der Waals surface area contributed by atoms with Crippen LogP contribution in [0.5, 0.6) is 5.88 Å². The van der Waals surface area contributed by atoms with Crippen LogP contribution in [-0.2, 0) is 40.4 Å². The number of ketones is 1. The first-order valence-corrected chi connectivity index (χ1v) is 23.3. The van der Waals surface area contributed by atoms with E-state index in [9.17, 15) is 36.4 Å². The Balaban J connectivity index is 1.06. The minimum Gasteiger partial charge on any atom is -0.471 e. The van der Waals surface area contributed by atoms with Crippen molar-refractivity contribution in [1.29, 1.82) is 0 Å². The van der Waals surface area contributed by atoms with Crippen molar-refractivity contribution in [2.45, 2.75) is 134 Å². The summed E-state index contributed by atoms with van der Waals surface area (Å²) < 4.78 is 68.6. The Kier molecular flexibility index (Phi) is 10.5. The van der Waals surface area contributed by atoms with E-state index in [1.54, 1.807) is 0 Å². The molecule has 9 atom stereocenters. The van der Waals surface area contributed by atoms with Crippen molar-refractivity contribution < 1.29 is 45.9 Å². The average Bonchev–Trinajstić information content (AvgIpc) is 4.16. The Morgan fingerprint density at radius 2 is 1.77 bits per heavy atom. The van der Waals surface area contributed by atoms with E-state index >= 15 is 0 Å². The molecule has 5 fully saturated rings. The Bertz CT molecular complexity index is 2360. The Morgan fingerprint density at radius 3 is 2.50 bits per heavy atom. The third-order valence-electron chi connectivity index (χ3n) is 14.8. The highest BCUT2D eigenvalue weighted by atomic mass is 32.2. The lowest BCUT2D eigenvalue weighted by Crippen LogP contribution is -2.48. The van der Waals surface area contributed by atoms with Crippen molar-refractivity contribution in [2.24, 2.45) is 40.9 Å². The maximum Gasteiger partial charge on any atom is 0.306 e. The van der Waals surface area contributed by atoms with E-state index in [2.05, 4.69) is 0 Å². The zero-order valence-corrected chi connectivity index (χ0v) is 35.2. The standard InChI is InChI=1S/C45H54F2N4O8S/c1-24(2)30-20-38(53)59-37-18-26-17-31(26)29(37)11-5-4-6-12-34-41(49-39-28-10-8-7-9-25(28)13-14-33(39)48-34)58-27-19-35(51(23-27)42(30)54)36(52)22-45(21-32(45)40(46)47)43(55)50-60(56,57)44(3)15-16-44/h7-10,13-14,24,26-27,29-32,35,37,40H,4-6,11-12,15-23H2,1-3H3,(H,50,55)/t26-,27+,29+,30-,31-,32-,35-,37+,45+/m0/s1. The molecule has 3 heterocycles. The van der Waals surface area contributed by atoms with E-state index in [4.69, 9.17) is 19.4 Å². The molecule has 6 aliphatic rings. The number of amides is 2. The molecule has 2 amide bonds. The van der Waals surface area contributed by atoms with Crippen molar-refractivity contribution >= 4 is 55.4 Å². The van der Waals surface area contributed by atoms with Gasteiger partial charge in [0.2, 0.25) is 34.1 Å². The molecule has 1 aromatic heterocycles. The van der Waals surface area contributed by atoms with Gasteiger partial charge in [0.05, 0.1) is 40.6 Å². The number of esters is 1. The predicted octanol–water partition coefficient (Wildman–Crippen LogP) is 6.71. The molecule has 1 saturated heterocycles. The molecule has 2 aromatic carbocycles. The maximum atomic E-state index is 14.7. The van der Waals surface area contributed by atoms with Gasteiger partial charge in [-0.15, -0.1) is 0 Å². The lowest BCUT2D eigenvalue weighted by Gasteiger charge is -2.31. The molecule has 0 spiro atoms. The van der Waals surface area contributed by atoms with Gasteiger partial charge in [-0.25, -0.2) is 27.2 Å². The van der Waals surface area contributed by atoms with Crippen LogP contribution < -0.4 is 9.46 Å². The minimum atomic E-state index is -4.18. The van der Waals surface area contributed by atoms with Crippen molar-refractivity contribution in [1.82, 2.24) is 19.6 Å². The van der Waals surface area contributed by atoms with E-state index < -0.39 is 80.6 Å². The van der Waals surface area contributed by atoms with Crippen molar-refractivity contribution in [3.8, 4) is 5.88 Å². The average molecular weight is 849 g/mol. The zero-order valence-electron chi connectivity index (χ0n) is 34.4. The third-order valence-corrected chi connectivity index (χ3v) is 16.9. The summed E-state index contributed by atoms with van der Waals surface area (Å²) in [7, 11) is -4.18. The van der Waals surface area contributed by atoms with Crippen molar-refractivity contribution in [3.05, 3.63) is 42.1 Å². The summed E-state index contributed by atoms with van der Waals surface area (Å²) in [5.74, 6) is -3.77. The van der Waals surface area contributed by atoms with Gasteiger partial charge in [0.25, 0.3) is 0 Å². The normalized spacial score (nSPS) is 32.7. The van der Waals surface area contributed by atoms with Crippen molar-refractivity contribution in [3.63, 3.8) is 0 Å². The van der Waals surface area contributed by atoms with Crippen LogP contribution in [0.1, 0.15) is 104 Å². The number of benzene rings is 2. The second-order valence-electron chi connectivity index (χ2n) is 19.2. The van der Waals surface area contributed by atoms with Crippen molar-refractivity contribution in [2.75, 3.05) is 6.54 Å². The summed E-state index contributed by atoms with van der Waals surface area (Å²) in [6.45, 7) is 5.07. The number of Topliss-reactive ketones (excluding diaryl/α,β-unsaturated/α-hetero) is 1. The molecule has 0 unspecified atom stereocenters. The SMILES string of the molecule is CC(C)[C@@H]1CC(=O)O[C@@H]2C[C@@H]3C[C@@H]3[C@H]2CCCCCc2nc3ccc4ccccc4c3nc2O[C@@H]2C[C@@H](C(=O)C[C@]3(C(=O)NS(=O)(=O)C4(C)CC4)C[C@H]3C(F)F)N(C2)C1=O. The summed E-state index contributed by atoms with van der Waals surface area (Å²) in [4.78, 5) is 68.1. The number of halogens is 2. The number of rotatable bonds is 8. The zero-order chi connectivity index (χ0) is 42.3. The second kappa shape index (κ2) is 15.3. The van der Waals surface area contributed by atoms with E-state index in [-0.39, 0.29) is 43.7 Å². The number of hydrogen-bond donors (Lipinski definition) is 1. The molecule has 322 valence electrons. The minimum absolute atomic E-state index is 0.0333. The number of sulfonamides is 1. The molecule has 2 bridgehead atoms. The lowest BCUT2D eigenvalue weighted by atomic mass is 9.89. The number of aromatic nitrogens is 2. The number of carbonyl (C=O) groups excluding carboxylic acids is 4. The van der Waals surface area contributed by atoms with Gasteiger partial charge in [-0.2, -0.15) is 0 Å². The molecule has 9 rings (SSSR count). The van der Waals surface area contributed by atoms with Crippen LogP contribution in [0.4, 0.5) is 8.78 Å². The molecule has 12 nitrogen and oxygen atoms in total. The van der Waals surface area contributed by atoms with Gasteiger partial charge in [0.1, 0.15) is 23.4 Å². The fraction of sp³-hybridized carbons (Fsp3) is 0.644. The Morgan fingerprint density at radius 1 is 0.983 bits per heavy atom. The fourth-order valence-corrected chi connectivity index (χ4v) is 11.8. The molecule has 0 radical (unpaired) electrons. The monoisotopic (exact) mass is 848 g/mol. The first-order chi connectivity index (χ1) is 28.6. The number of carbonyl (C=O) groups is 4. The number of alkyl halides is 2. The summed E-state index contributed by atoms with van der Waals surface area (Å²) in [6.07, 6.45) is 1.61. The predicted molar refractivity (Wildman–Crippen MR) is 217 cm³/mol. The highest BCUT2D eigenvalue weighted by molar-refractivity contribution is 7.91. The van der Waals surface area contributed by atoms with E-state index in [0.29, 0.717) is 53.7 Å². The molecular weight excluding hydrogens is 795 g/mol. The molecule has 2 aliphatic heterocycles. The van der Waals surface area contributed by atoms with Gasteiger partial charge in [-0.3, -0.25) is 23.9 Å². The highest BCUT2D eigenvalue weighted by Gasteiger charge is 2.67. The number of fused-ring (bicyclic) bond motifs is 9. The first-order valence-electron chi connectivity index (χ1n) is 21.8.